The first kappa shape index (κ1) is 17.1. The molecule has 0 amide bonds. The maximum Gasteiger partial charge on any atom is 0.119 e. The average Bonchev–Trinajstić information content (AvgIpc) is 2.54. The first-order chi connectivity index (χ1) is 10.6. The van der Waals surface area contributed by atoms with E-state index in [1.165, 1.54) is 5.56 Å². The zero-order chi connectivity index (χ0) is 15.9. The van der Waals surface area contributed by atoms with Crippen molar-refractivity contribution < 1.29 is 4.74 Å². The highest BCUT2D eigenvalue weighted by Gasteiger charge is 2.02. The van der Waals surface area contributed by atoms with Gasteiger partial charge < -0.3 is 10.1 Å². The number of rotatable bonds is 7. The maximum absolute atomic E-state index is 5.99. The Morgan fingerprint density at radius 1 is 1.00 bits per heavy atom. The van der Waals surface area contributed by atoms with E-state index in [9.17, 15) is 0 Å². The van der Waals surface area contributed by atoms with E-state index in [1.807, 2.05) is 24.3 Å². The minimum absolute atomic E-state index is 0.474. The number of hydrogen-bond donors (Lipinski definition) is 1. The van der Waals surface area contributed by atoms with Gasteiger partial charge in [0, 0.05) is 12.6 Å². The summed E-state index contributed by atoms with van der Waals surface area (Å²) in [4.78, 5) is 0. The lowest BCUT2D eigenvalue weighted by Crippen LogP contribution is -2.24. The Bertz CT molecular complexity index is 599. The third kappa shape index (κ3) is 5.20. The molecule has 118 valence electrons. The van der Waals surface area contributed by atoms with E-state index in [0.29, 0.717) is 22.7 Å². The minimum atomic E-state index is 0.474. The van der Waals surface area contributed by atoms with Gasteiger partial charge in [0.25, 0.3) is 0 Å². The molecule has 2 nitrogen and oxygen atoms in total. The number of benzene rings is 2. The predicted molar refractivity (Wildman–Crippen MR) is 93.8 cm³/mol. The van der Waals surface area contributed by atoms with Crippen LogP contribution in [0.25, 0.3) is 0 Å². The van der Waals surface area contributed by atoms with Crippen LogP contribution in [0.15, 0.2) is 42.5 Å². The predicted octanol–water partition coefficient (Wildman–Crippen LogP) is 5.46. The van der Waals surface area contributed by atoms with Gasteiger partial charge in [-0.2, -0.15) is 0 Å². The van der Waals surface area contributed by atoms with Crippen LogP contribution >= 0.6 is 23.2 Å². The molecular weight excluding hydrogens is 317 g/mol. The summed E-state index contributed by atoms with van der Waals surface area (Å²) < 4.78 is 5.77. The highest BCUT2D eigenvalue weighted by atomic mass is 35.5. The number of nitrogens with one attached hydrogen (secondary N) is 1. The SMILES string of the molecule is CC[C@H](C)NCc1ccc(OCc2ccc(Cl)c(Cl)c2)cc1. The van der Waals surface area contributed by atoms with Crippen LogP contribution < -0.4 is 10.1 Å². The van der Waals surface area contributed by atoms with Gasteiger partial charge in [0.2, 0.25) is 0 Å². The van der Waals surface area contributed by atoms with E-state index in [-0.39, 0.29) is 0 Å². The molecular formula is C18H21Cl2NO. The molecule has 1 atom stereocenters. The van der Waals surface area contributed by atoms with Crippen molar-refractivity contribution in [1.29, 1.82) is 0 Å². The normalized spacial score (nSPS) is 12.2. The minimum Gasteiger partial charge on any atom is -0.489 e. The second-order valence-corrected chi connectivity index (χ2v) is 6.19. The van der Waals surface area contributed by atoms with Crippen LogP contribution in [0.2, 0.25) is 10.0 Å². The fourth-order valence-electron chi connectivity index (χ4n) is 1.94. The lowest BCUT2D eigenvalue weighted by Gasteiger charge is -2.12. The molecule has 0 saturated heterocycles. The second kappa shape index (κ2) is 8.42. The van der Waals surface area contributed by atoms with Gasteiger partial charge in [0.1, 0.15) is 12.4 Å². The van der Waals surface area contributed by atoms with Crippen molar-refractivity contribution in [2.45, 2.75) is 39.5 Å². The lowest BCUT2D eigenvalue weighted by molar-refractivity contribution is 0.306. The van der Waals surface area contributed by atoms with Crippen molar-refractivity contribution in [3.8, 4) is 5.75 Å². The summed E-state index contributed by atoms with van der Waals surface area (Å²) in [5, 5.41) is 4.58. The molecule has 0 heterocycles. The summed E-state index contributed by atoms with van der Waals surface area (Å²) in [7, 11) is 0. The van der Waals surface area contributed by atoms with Crippen molar-refractivity contribution in [2.24, 2.45) is 0 Å². The third-order valence-electron chi connectivity index (χ3n) is 3.58. The van der Waals surface area contributed by atoms with Gasteiger partial charge >= 0.3 is 0 Å². The molecule has 0 aliphatic carbocycles. The van der Waals surface area contributed by atoms with Gasteiger partial charge in [-0.25, -0.2) is 0 Å². The monoisotopic (exact) mass is 337 g/mol. The van der Waals surface area contributed by atoms with E-state index in [4.69, 9.17) is 27.9 Å². The molecule has 2 aromatic carbocycles. The van der Waals surface area contributed by atoms with Crippen LogP contribution in [0.4, 0.5) is 0 Å². The Balaban J connectivity index is 1.87. The second-order valence-electron chi connectivity index (χ2n) is 5.37. The van der Waals surface area contributed by atoms with Crippen molar-refractivity contribution in [1.82, 2.24) is 5.32 Å². The summed E-state index contributed by atoms with van der Waals surface area (Å²) in [6, 6.07) is 14.2. The van der Waals surface area contributed by atoms with Crippen LogP contribution in [0.5, 0.6) is 5.75 Å². The van der Waals surface area contributed by atoms with Gasteiger partial charge in [0.05, 0.1) is 10.0 Å². The number of ether oxygens (including phenoxy) is 1. The molecule has 1 N–H and O–H groups in total. The largest absolute Gasteiger partial charge is 0.489 e. The summed E-state index contributed by atoms with van der Waals surface area (Å²) in [6.07, 6.45) is 1.13. The first-order valence-electron chi connectivity index (χ1n) is 7.47. The number of hydrogen-bond acceptors (Lipinski definition) is 2. The van der Waals surface area contributed by atoms with Crippen LogP contribution in [0.3, 0.4) is 0 Å². The van der Waals surface area contributed by atoms with E-state index < -0.39 is 0 Å². The molecule has 0 aliphatic rings. The van der Waals surface area contributed by atoms with Crippen molar-refractivity contribution in [3.05, 3.63) is 63.6 Å². The molecule has 2 rings (SSSR count). The van der Waals surface area contributed by atoms with E-state index in [2.05, 4.69) is 31.3 Å². The fraction of sp³-hybridized carbons (Fsp3) is 0.333. The Kier molecular flexibility index (Phi) is 6.56. The Labute approximate surface area is 142 Å². The standard InChI is InChI=1S/C18H21Cl2NO/c1-3-13(2)21-11-14-4-7-16(8-5-14)22-12-15-6-9-17(19)18(20)10-15/h4-10,13,21H,3,11-12H2,1-2H3/t13-/m0/s1. The summed E-state index contributed by atoms with van der Waals surface area (Å²) in [5.41, 5.74) is 2.25. The summed E-state index contributed by atoms with van der Waals surface area (Å²) in [5.74, 6) is 0.846. The number of halogens is 2. The highest BCUT2D eigenvalue weighted by molar-refractivity contribution is 6.42. The Hall–Kier alpha value is -1.22. The molecule has 0 unspecified atom stereocenters. The summed E-state index contributed by atoms with van der Waals surface area (Å²) in [6.45, 7) is 5.72. The van der Waals surface area contributed by atoms with Crippen molar-refractivity contribution in [2.75, 3.05) is 0 Å². The Morgan fingerprint density at radius 2 is 1.68 bits per heavy atom. The lowest BCUT2D eigenvalue weighted by atomic mass is 10.2. The third-order valence-corrected chi connectivity index (χ3v) is 4.32. The van der Waals surface area contributed by atoms with Crippen molar-refractivity contribution >= 4 is 23.2 Å². The molecule has 0 aromatic heterocycles. The zero-order valence-electron chi connectivity index (χ0n) is 12.9. The zero-order valence-corrected chi connectivity index (χ0v) is 14.4. The molecule has 0 bridgehead atoms. The van der Waals surface area contributed by atoms with Crippen molar-refractivity contribution in [3.63, 3.8) is 0 Å². The maximum atomic E-state index is 5.99. The van der Waals surface area contributed by atoms with Gasteiger partial charge in [-0.05, 0) is 48.7 Å². The molecule has 22 heavy (non-hydrogen) atoms. The smallest absolute Gasteiger partial charge is 0.119 e. The quantitative estimate of drug-likeness (QED) is 0.724. The van der Waals surface area contributed by atoms with E-state index in [0.717, 1.165) is 24.3 Å². The van der Waals surface area contributed by atoms with Crippen LogP contribution in [0.1, 0.15) is 31.4 Å². The molecule has 0 radical (unpaired) electrons. The van der Waals surface area contributed by atoms with Gasteiger partial charge in [-0.15, -0.1) is 0 Å². The Morgan fingerprint density at radius 3 is 2.32 bits per heavy atom. The summed E-state index contributed by atoms with van der Waals surface area (Å²) >= 11 is 11.9. The van der Waals surface area contributed by atoms with Crippen LogP contribution in [-0.2, 0) is 13.2 Å². The van der Waals surface area contributed by atoms with Crippen LogP contribution in [-0.4, -0.2) is 6.04 Å². The molecule has 4 heteroatoms. The highest BCUT2D eigenvalue weighted by Crippen LogP contribution is 2.23. The average molecular weight is 338 g/mol. The van der Waals surface area contributed by atoms with Crippen LogP contribution in [0, 0.1) is 0 Å². The molecule has 0 aliphatic heterocycles. The molecule has 2 aromatic rings. The molecule has 0 spiro atoms. The van der Waals surface area contributed by atoms with Gasteiger partial charge in [-0.1, -0.05) is 48.3 Å². The topological polar surface area (TPSA) is 21.3 Å². The van der Waals surface area contributed by atoms with Gasteiger partial charge in [0.15, 0.2) is 0 Å². The molecule has 0 fully saturated rings. The fourth-order valence-corrected chi connectivity index (χ4v) is 2.26. The van der Waals surface area contributed by atoms with E-state index >= 15 is 0 Å². The molecule has 0 saturated carbocycles. The van der Waals surface area contributed by atoms with Gasteiger partial charge in [-0.3, -0.25) is 0 Å². The van der Waals surface area contributed by atoms with E-state index in [1.54, 1.807) is 6.07 Å². The first-order valence-corrected chi connectivity index (χ1v) is 8.23.